The van der Waals surface area contributed by atoms with Crippen molar-refractivity contribution < 1.29 is 18.3 Å². The van der Waals surface area contributed by atoms with Crippen molar-refractivity contribution in [2.24, 2.45) is 4.99 Å². The molecule has 0 amide bonds. The van der Waals surface area contributed by atoms with E-state index in [1.165, 1.54) is 18.2 Å². The largest absolute Gasteiger partial charge is 0.491 e. The quantitative estimate of drug-likeness (QED) is 0.527. The smallest absolute Gasteiger partial charge is 0.222 e. The molecule has 0 N–H and O–H groups in total. The van der Waals surface area contributed by atoms with Gasteiger partial charge in [0.25, 0.3) is 0 Å². The SMILES string of the molecule is Cc1cc(Cl)ccc1-c1ccc(OCC2COC(c3c(F)cccc3F)=N2)cc1. The van der Waals surface area contributed by atoms with Crippen molar-refractivity contribution in [2.75, 3.05) is 13.2 Å². The van der Waals surface area contributed by atoms with Crippen LogP contribution in [0.1, 0.15) is 11.1 Å². The molecule has 1 unspecified atom stereocenters. The van der Waals surface area contributed by atoms with Gasteiger partial charge >= 0.3 is 0 Å². The van der Waals surface area contributed by atoms with E-state index in [1.807, 2.05) is 49.4 Å². The first-order valence-electron chi connectivity index (χ1n) is 9.15. The zero-order valence-electron chi connectivity index (χ0n) is 15.7. The lowest BCUT2D eigenvalue weighted by Gasteiger charge is -2.10. The van der Waals surface area contributed by atoms with Gasteiger partial charge in [0.1, 0.15) is 42.2 Å². The molecule has 0 aromatic heterocycles. The summed E-state index contributed by atoms with van der Waals surface area (Å²) in [5.74, 6) is -0.736. The Morgan fingerprint density at radius 1 is 1.07 bits per heavy atom. The first-order chi connectivity index (χ1) is 14.0. The van der Waals surface area contributed by atoms with Gasteiger partial charge in [0, 0.05) is 5.02 Å². The van der Waals surface area contributed by atoms with Gasteiger partial charge in [-0.25, -0.2) is 13.8 Å². The number of halogens is 3. The molecule has 1 heterocycles. The Labute approximate surface area is 172 Å². The minimum absolute atomic E-state index is 0.0252. The van der Waals surface area contributed by atoms with Crippen LogP contribution in [-0.4, -0.2) is 25.2 Å². The second-order valence-electron chi connectivity index (χ2n) is 6.79. The van der Waals surface area contributed by atoms with Gasteiger partial charge in [-0.1, -0.05) is 35.9 Å². The van der Waals surface area contributed by atoms with Gasteiger partial charge in [-0.05, 0) is 60.0 Å². The van der Waals surface area contributed by atoms with Crippen molar-refractivity contribution >= 4 is 17.5 Å². The Balaban J connectivity index is 1.41. The van der Waals surface area contributed by atoms with Crippen molar-refractivity contribution in [3.63, 3.8) is 0 Å². The highest BCUT2D eigenvalue weighted by Crippen LogP contribution is 2.28. The number of ether oxygens (including phenoxy) is 2. The van der Waals surface area contributed by atoms with E-state index in [9.17, 15) is 8.78 Å². The molecular weight excluding hydrogens is 396 g/mol. The number of aliphatic imine (C=N–C) groups is 1. The second-order valence-corrected chi connectivity index (χ2v) is 7.23. The summed E-state index contributed by atoms with van der Waals surface area (Å²) in [5, 5.41) is 0.708. The van der Waals surface area contributed by atoms with E-state index in [0.29, 0.717) is 10.8 Å². The van der Waals surface area contributed by atoms with E-state index < -0.39 is 11.6 Å². The van der Waals surface area contributed by atoms with Gasteiger partial charge in [-0.3, -0.25) is 0 Å². The summed E-state index contributed by atoms with van der Waals surface area (Å²) in [6.07, 6.45) is 0. The summed E-state index contributed by atoms with van der Waals surface area (Å²) in [6.45, 7) is 2.48. The average molecular weight is 414 g/mol. The number of hydrogen-bond acceptors (Lipinski definition) is 3. The van der Waals surface area contributed by atoms with Crippen LogP contribution in [0, 0.1) is 18.6 Å². The molecule has 3 aromatic carbocycles. The minimum atomic E-state index is -0.696. The Bertz CT molecular complexity index is 1050. The van der Waals surface area contributed by atoms with Crippen LogP contribution in [0.2, 0.25) is 5.02 Å². The van der Waals surface area contributed by atoms with Gasteiger partial charge in [-0.15, -0.1) is 0 Å². The number of hydrogen-bond donors (Lipinski definition) is 0. The monoisotopic (exact) mass is 413 g/mol. The zero-order chi connectivity index (χ0) is 20.4. The normalized spacial score (nSPS) is 15.7. The Morgan fingerprint density at radius 3 is 2.48 bits per heavy atom. The van der Waals surface area contributed by atoms with Crippen LogP contribution in [0.25, 0.3) is 11.1 Å². The molecule has 1 aliphatic rings. The summed E-state index contributed by atoms with van der Waals surface area (Å²) < 4.78 is 38.9. The standard InChI is InChI=1S/C23H18ClF2NO2/c1-14-11-16(24)7-10-19(14)15-5-8-18(9-6-15)28-12-17-13-29-23(27-17)22-20(25)3-2-4-21(22)26/h2-11,17H,12-13H2,1H3. The summed E-state index contributed by atoms with van der Waals surface area (Å²) >= 11 is 6.02. The van der Waals surface area contributed by atoms with Crippen LogP contribution in [0.5, 0.6) is 5.75 Å². The third-order valence-electron chi connectivity index (χ3n) is 4.69. The molecule has 4 rings (SSSR count). The third kappa shape index (κ3) is 4.25. The van der Waals surface area contributed by atoms with E-state index in [-0.39, 0.29) is 30.7 Å². The van der Waals surface area contributed by atoms with Crippen LogP contribution in [0.3, 0.4) is 0 Å². The zero-order valence-corrected chi connectivity index (χ0v) is 16.4. The maximum absolute atomic E-state index is 13.9. The predicted molar refractivity (Wildman–Crippen MR) is 110 cm³/mol. The highest BCUT2D eigenvalue weighted by atomic mass is 35.5. The molecule has 0 saturated heterocycles. The molecule has 0 bridgehead atoms. The number of benzene rings is 3. The molecular formula is C23H18ClF2NO2. The van der Waals surface area contributed by atoms with Gasteiger partial charge in [0.05, 0.1) is 0 Å². The minimum Gasteiger partial charge on any atom is -0.491 e. The molecule has 1 atom stereocenters. The van der Waals surface area contributed by atoms with Crippen molar-refractivity contribution in [2.45, 2.75) is 13.0 Å². The van der Waals surface area contributed by atoms with Gasteiger partial charge in [0.15, 0.2) is 0 Å². The molecule has 3 nitrogen and oxygen atoms in total. The number of aryl methyl sites for hydroxylation is 1. The van der Waals surface area contributed by atoms with Crippen LogP contribution in [-0.2, 0) is 4.74 Å². The molecule has 3 aromatic rings. The van der Waals surface area contributed by atoms with Crippen LogP contribution in [0.15, 0.2) is 65.7 Å². The van der Waals surface area contributed by atoms with Crippen molar-refractivity contribution in [1.82, 2.24) is 0 Å². The molecule has 6 heteroatoms. The van der Waals surface area contributed by atoms with Crippen molar-refractivity contribution in [3.8, 4) is 16.9 Å². The van der Waals surface area contributed by atoms with Crippen molar-refractivity contribution in [1.29, 1.82) is 0 Å². The fourth-order valence-corrected chi connectivity index (χ4v) is 3.44. The Kier molecular flexibility index (Phi) is 5.49. The molecule has 0 spiro atoms. The molecule has 0 fully saturated rings. The Hall–Kier alpha value is -2.92. The molecule has 0 aliphatic carbocycles. The highest BCUT2D eigenvalue weighted by molar-refractivity contribution is 6.30. The van der Waals surface area contributed by atoms with E-state index in [0.717, 1.165) is 16.7 Å². The molecule has 29 heavy (non-hydrogen) atoms. The summed E-state index contributed by atoms with van der Waals surface area (Å²) in [6, 6.07) is 16.8. The van der Waals surface area contributed by atoms with Crippen LogP contribution >= 0.6 is 11.6 Å². The first kappa shape index (κ1) is 19.4. The topological polar surface area (TPSA) is 30.8 Å². The number of nitrogens with zero attached hydrogens (tertiary/aromatic N) is 1. The summed E-state index contributed by atoms with van der Waals surface area (Å²) in [7, 11) is 0. The van der Waals surface area contributed by atoms with E-state index >= 15 is 0 Å². The lowest BCUT2D eigenvalue weighted by Crippen LogP contribution is -2.16. The fourth-order valence-electron chi connectivity index (χ4n) is 3.21. The molecule has 1 aliphatic heterocycles. The fraction of sp³-hybridized carbons (Fsp3) is 0.174. The third-order valence-corrected chi connectivity index (χ3v) is 4.92. The van der Waals surface area contributed by atoms with Gasteiger partial charge in [0.2, 0.25) is 5.90 Å². The number of rotatable bonds is 5. The lowest BCUT2D eigenvalue weighted by molar-refractivity contribution is 0.242. The van der Waals surface area contributed by atoms with Gasteiger partial charge < -0.3 is 9.47 Å². The van der Waals surface area contributed by atoms with E-state index in [4.69, 9.17) is 21.1 Å². The Morgan fingerprint density at radius 2 is 1.79 bits per heavy atom. The van der Waals surface area contributed by atoms with E-state index in [1.54, 1.807) is 0 Å². The highest BCUT2D eigenvalue weighted by Gasteiger charge is 2.25. The first-order valence-corrected chi connectivity index (χ1v) is 9.53. The van der Waals surface area contributed by atoms with Crippen molar-refractivity contribution in [3.05, 3.63) is 88.4 Å². The molecule has 0 saturated carbocycles. The second kappa shape index (κ2) is 8.21. The van der Waals surface area contributed by atoms with Gasteiger partial charge in [-0.2, -0.15) is 0 Å². The molecule has 0 radical (unpaired) electrons. The maximum Gasteiger partial charge on any atom is 0.222 e. The maximum atomic E-state index is 13.9. The summed E-state index contributed by atoms with van der Waals surface area (Å²) in [4.78, 5) is 4.26. The predicted octanol–water partition coefficient (Wildman–Crippen LogP) is 5.82. The average Bonchev–Trinajstić information content (AvgIpc) is 3.15. The lowest BCUT2D eigenvalue weighted by atomic mass is 10.0. The van der Waals surface area contributed by atoms with Crippen LogP contribution in [0.4, 0.5) is 8.78 Å². The molecule has 148 valence electrons. The van der Waals surface area contributed by atoms with E-state index in [2.05, 4.69) is 4.99 Å². The summed E-state index contributed by atoms with van der Waals surface area (Å²) in [5.41, 5.74) is 3.02. The van der Waals surface area contributed by atoms with Crippen LogP contribution < -0.4 is 4.74 Å².